The molecule has 0 aromatic heterocycles. The Hall–Kier alpha value is -1.49. The Morgan fingerprint density at radius 2 is 2.06 bits per heavy atom. The van der Waals surface area contributed by atoms with Crippen molar-refractivity contribution in [3.63, 3.8) is 0 Å². The molecule has 92 valence electrons. The van der Waals surface area contributed by atoms with Crippen molar-refractivity contribution < 1.29 is 18.7 Å². The summed E-state index contributed by atoms with van der Waals surface area (Å²) in [4.78, 5) is 11.3. The maximum atomic E-state index is 13.5. The van der Waals surface area contributed by atoms with Crippen LogP contribution in [0, 0.1) is 17.0 Å². The minimum absolute atomic E-state index is 0.117. The van der Waals surface area contributed by atoms with Crippen LogP contribution in [0.3, 0.4) is 0 Å². The number of hydrogen-bond donors (Lipinski definition) is 2. The number of hydrogen-bond acceptors (Lipinski definition) is 2. The number of carbonyl (C=O) groups is 1. The molecule has 2 N–H and O–H groups in total. The van der Waals surface area contributed by atoms with Crippen LogP contribution in [-0.2, 0) is 11.2 Å². The maximum absolute atomic E-state index is 13.5. The van der Waals surface area contributed by atoms with Crippen molar-refractivity contribution in [3.8, 4) is 0 Å². The number of carboxylic acids is 1. The van der Waals surface area contributed by atoms with Crippen LogP contribution in [0.5, 0.6) is 0 Å². The second-order valence-electron chi connectivity index (χ2n) is 4.39. The molecule has 1 atom stereocenters. The fourth-order valence-corrected chi connectivity index (χ4v) is 2.19. The first kappa shape index (κ1) is 12.0. The Morgan fingerprint density at radius 1 is 1.41 bits per heavy atom. The first-order chi connectivity index (χ1) is 8.05. The van der Waals surface area contributed by atoms with E-state index in [2.05, 4.69) is 5.32 Å². The Morgan fingerprint density at radius 3 is 2.53 bits per heavy atom. The topological polar surface area (TPSA) is 49.3 Å². The van der Waals surface area contributed by atoms with Crippen molar-refractivity contribution in [2.45, 2.75) is 12.8 Å². The molecule has 1 unspecified atom stereocenters. The van der Waals surface area contributed by atoms with Gasteiger partial charge in [0, 0.05) is 12.1 Å². The van der Waals surface area contributed by atoms with Gasteiger partial charge in [-0.2, -0.15) is 0 Å². The standard InChI is InChI=1S/C12H13F2NO2/c13-9-2-1-3-10(14)8(9)6-12(11(16)17)4-5-15-7-12/h1-3,15H,4-7H2,(H,16,17). The summed E-state index contributed by atoms with van der Waals surface area (Å²) in [5, 5.41) is 12.1. The van der Waals surface area contributed by atoms with Crippen LogP contribution >= 0.6 is 0 Å². The molecule has 1 aromatic carbocycles. The van der Waals surface area contributed by atoms with Gasteiger partial charge in [-0.1, -0.05) is 6.07 Å². The fourth-order valence-electron chi connectivity index (χ4n) is 2.19. The van der Waals surface area contributed by atoms with Crippen LogP contribution in [0.15, 0.2) is 18.2 Å². The van der Waals surface area contributed by atoms with Gasteiger partial charge in [-0.15, -0.1) is 0 Å². The van der Waals surface area contributed by atoms with E-state index in [4.69, 9.17) is 0 Å². The van der Waals surface area contributed by atoms with Crippen molar-refractivity contribution >= 4 is 5.97 Å². The lowest BCUT2D eigenvalue weighted by molar-refractivity contribution is -0.147. The molecule has 5 heteroatoms. The predicted octanol–water partition coefficient (Wildman–Crippen LogP) is 1.57. The summed E-state index contributed by atoms with van der Waals surface area (Å²) >= 11 is 0. The highest BCUT2D eigenvalue weighted by Crippen LogP contribution is 2.32. The van der Waals surface area contributed by atoms with Crippen LogP contribution in [-0.4, -0.2) is 24.2 Å². The third-order valence-electron chi connectivity index (χ3n) is 3.27. The molecule has 3 nitrogen and oxygen atoms in total. The SMILES string of the molecule is O=C(O)C1(Cc2c(F)cccc2F)CCNC1. The predicted molar refractivity (Wildman–Crippen MR) is 57.6 cm³/mol. The van der Waals surface area contributed by atoms with E-state index in [0.29, 0.717) is 13.0 Å². The van der Waals surface area contributed by atoms with Gasteiger partial charge >= 0.3 is 5.97 Å². The van der Waals surface area contributed by atoms with Crippen LogP contribution in [0.25, 0.3) is 0 Å². The first-order valence-corrected chi connectivity index (χ1v) is 5.42. The highest BCUT2D eigenvalue weighted by atomic mass is 19.1. The second kappa shape index (κ2) is 4.41. The van der Waals surface area contributed by atoms with E-state index in [1.165, 1.54) is 6.07 Å². The summed E-state index contributed by atoms with van der Waals surface area (Å²) in [6.07, 6.45) is 0.268. The summed E-state index contributed by atoms with van der Waals surface area (Å²) < 4.78 is 27.0. The van der Waals surface area contributed by atoms with Gasteiger partial charge < -0.3 is 10.4 Å². The minimum atomic E-state index is -1.09. The Balaban J connectivity index is 2.33. The zero-order valence-electron chi connectivity index (χ0n) is 9.17. The van der Waals surface area contributed by atoms with Gasteiger partial charge in [0.15, 0.2) is 0 Å². The monoisotopic (exact) mass is 241 g/mol. The van der Waals surface area contributed by atoms with Gasteiger partial charge in [-0.25, -0.2) is 8.78 Å². The fraction of sp³-hybridized carbons (Fsp3) is 0.417. The van der Waals surface area contributed by atoms with Gasteiger partial charge in [0.05, 0.1) is 5.41 Å². The van der Waals surface area contributed by atoms with E-state index in [9.17, 15) is 18.7 Å². The molecule has 0 bridgehead atoms. The van der Waals surface area contributed by atoms with Gasteiger partial charge in [-0.05, 0) is 31.5 Å². The lowest BCUT2D eigenvalue weighted by Gasteiger charge is -2.23. The van der Waals surface area contributed by atoms with E-state index in [1.807, 2.05) is 0 Å². The molecule has 1 saturated heterocycles. The lowest BCUT2D eigenvalue weighted by atomic mass is 9.80. The summed E-state index contributed by atoms with van der Waals surface area (Å²) in [7, 11) is 0. The Labute approximate surface area is 97.5 Å². The van der Waals surface area contributed by atoms with E-state index in [-0.39, 0.29) is 18.5 Å². The molecule has 1 aliphatic rings. The lowest BCUT2D eigenvalue weighted by Crippen LogP contribution is -2.36. The zero-order chi connectivity index (χ0) is 12.5. The van der Waals surface area contributed by atoms with E-state index in [0.717, 1.165) is 12.1 Å². The highest BCUT2D eigenvalue weighted by molar-refractivity contribution is 5.76. The van der Waals surface area contributed by atoms with Gasteiger partial charge in [0.2, 0.25) is 0 Å². The second-order valence-corrected chi connectivity index (χ2v) is 4.39. The number of carboxylic acid groups (broad SMARTS) is 1. The van der Waals surface area contributed by atoms with Gasteiger partial charge in [-0.3, -0.25) is 4.79 Å². The first-order valence-electron chi connectivity index (χ1n) is 5.42. The molecule has 1 heterocycles. The molecule has 0 amide bonds. The van der Waals surface area contributed by atoms with E-state index >= 15 is 0 Å². The van der Waals surface area contributed by atoms with Crippen LogP contribution in [0.4, 0.5) is 8.78 Å². The molecule has 1 aliphatic heterocycles. The Kier molecular flexibility index (Phi) is 3.11. The van der Waals surface area contributed by atoms with E-state index in [1.54, 1.807) is 0 Å². The number of benzene rings is 1. The van der Waals surface area contributed by atoms with Gasteiger partial charge in [0.1, 0.15) is 11.6 Å². The summed E-state index contributed by atoms with van der Waals surface area (Å²) in [6.45, 7) is 0.804. The normalized spacial score (nSPS) is 23.9. The molecule has 1 aromatic rings. The minimum Gasteiger partial charge on any atom is -0.481 e. The molecular weight excluding hydrogens is 228 g/mol. The molecule has 17 heavy (non-hydrogen) atoms. The summed E-state index contributed by atoms with van der Waals surface area (Å²) in [6, 6.07) is 3.57. The molecule has 0 radical (unpaired) electrons. The highest BCUT2D eigenvalue weighted by Gasteiger charge is 2.42. The summed E-state index contributed by atoms with van der Waals surface area (Å²) in [5.41, 5.74) is -1.23. The van der Waals surface area contributed by atoms with Crippen molar-refractivity contribution in [2.24, 2.45) is 5.41 Å². The van der Waals surface area contributed by atoms with Crippen molar-refractivity contribution in [1.82, 2.24) is 5.32 Å². The molecule has 0 spiro atoms. The average molecular weight is 241 g/mol. The van der Waals surface area contributed by atoms with E-state index < -0.39 is 23.0 Å². The Bertz CT molecular complexity index is 422. The van der Waals surface area contributed by atoms with Crippen LogP contribution in [0.2, 0.25) is 0 Å². The molecule has 1 fully saturated rings. The quantitative estimate of drug-likeness (QED) is 0.844. The number of rotatable bonds is 3. The third-order valence-corrected chi connectivity index (χ3v) is 3.27. The summed E-state index contributed by atoms with van der Waals surface area (Å²) in [5.74, 6) is -2.37. The molecule has 0 saturated carbocycles. The third kappa shape index (κ3) is 2.15. The van der Waals surface area contributed by atoms with Crippen LogP contribution in [0.1, 0.15) is 12.0 Å². The number of aliphatic carboxylic acids is 1. The van der Waals surface area contributed by atoms with Crippen molar-refractivity contribution in [2.75, 3.05) is 13.1 Å². The zero-order valence-corrected chi connectivity index (χ0v) is 9.17. The van der Waals surface area contributed by atoms with Gasteiger partial charge in [0.25, 0.3) is 0 Å². The average Bonchev–Trinajstić information content (AvgIpc) is 2.73. The van der Waals surface area contributed by atoms with Crippen molar-refractivity contribution in [3.05, 3.63) is 35.4 Å². The van der Waals surface area contributed by atoms with Crippen LogP contribution < -0.4 is 5.32 Å². The molecule has 2 rings (SSSR count). The van der Waals surface area contributed by atoms with Crippen molar-refractivity contribution in [1.29, 1.82) is 0 Å². The smallest absolute Gasteiger partial charge is 0.311 e. The molecule has 0 aliphatic carbocycles. The number of nitrogens with one attached hydrogen (secondary N) is 1. The largest absolute Gasteiger partial charge is 0.481 e. The molecular formula is C12H13F2NO2. The maximum Gasteiger partial charge on any atom is 0.311 e. The number of halogens is 2.